The standard InChI is InChI=1S/C12H24N2O3/c1-12(2,3)10(16-4)8-14-11(15)9-7-13-5-6-17-9/h9-10,13H,5-8H2,1-4H3,(H,14,15). The maximum Gasteiger partial charge on any atom is 0.250 e. The molecule has 1 aliphatic rings. The van der Waals surface area contributed by atoms with E-state index in [9.17, 15) is 4.79 Å². The molecule has 1 saturated heterocycles. The molecule has 2 atom stereocenters. The zero-order valence-corrected chi connectivity index (χ0v) is 11.2. The molecule has 0 aromatic heterocycles. The van der Waals surface area contributed by atoms with Crippen LogP contribution in [-0.4, -0.2) is 51.5 Å². The number of amides is 1. The first-order valence-corrected chi connectivity index (χ1v) is 6.08. The number of hydrogen-bond acceptors (Lipinski definition) is 4. The van der Waals surface area contributed by atoms with Crippen molar-refractivity contribution in [1.82, 2.24) is 10.6 Å². The Labute approximate surface area is 103 Å². The second-order valence-corrected chi connectivity index (χ2v) is 5.40. The van der Waals surface area contributed by atoms with Gasteiger partial charge in [-0.15, -0.1) is 0 Å². The Morgan fingerprint density at radius 2 is 2.29 bits per heavy atom. The highest BCUT2D eigenvalue weighted by atomic mass is 16.5. The third-order valence-electron chi connectivity index (χ3n) is 2.93. The molecule has 17 heavy (non-hydrogen) atoms. The number of hydrogen-bond donors (Lipinski definition) is 2. The molecule has 1 aliphatic heterocycles. The Hall–Kier alpha value is -0.650. The summed E-state index contributed by atoms with van der Waals surface area (Å²) in [6, 6.07) is 0. The lowest BCUT2D eigenvalue weighted by molar-refractivity contribution is -0.135. The van der Waals surface area contributed by atoms with Gasteiger partial charge in [-0.05, 0) is 5.41 Å². The van der Waals surface area contributed by atoms with Gasteiger partial charge in [-0.3, -0.25) is 4.79 Å². The van der Waals surface area contributed by atoms with Crippen LogP contribution in [0.25, 0.3) is 0 Å². The van der Waals surface area contributed by atoms with Gasteiger partial charge < -0.3 is 20.1 Å². The highest BCUT2D eigenvalue weighted by Crippen LogP contribution is 2.20. The van der Waals surface area contributed by atoms with Crippen molar-refractivity contribution in [3.8, 4) is 0 Å². The number of carbonyl (C=O) groups excluding carboxylic acids is 1. The molecule has 0 radical (unpaired) electrons. The second kappa shape index (κ2) is 6.33. The molecule has 0 aromatic rings. The third kappa shape index (κ3) is 4.61. The van der Waals surface area contributed by atoms with Crippen LogP contribution in [0, 0.1) is 5.41 Å². The van der Waals surface area contributed by atoms with Gasteiger partial charge >= 0.3 is 0 Å². The van der Waals surface area contributed by atoms with Crippen LogP contribution in [0.4, 0.5) is 0 Å². The van der Waals surface area contributed by atoms with Crippen LogP contribution < -0.4 is 10.6 Å². The number of methoxy groups -OCH3 is 1. The molecule has 0 aromatic carbocycles. The molecule has 1 heterocycles. The Kier molecular flexibility index (Phi) is 5.36. The van der Waals surface area contributed by atoms with Gasteiger partial charge in [0.15, 0.2) is 0 Å². The van der Waals surface area contributed by atoms with Crippen molar-refractivity contribution in [2.45, 2.75) is 33.0 Å². The molecule has 0 aliphatic carbocycles. The summed E-state index contributed by atoms with van der Waals surface area (Å²) in [6.07, 6.45) is -0.371. The van der Waals surface area contributed by atoms with Crippen LogP contribution in [0.15, 0.2) is 0 Å². The zero-order valence-electron chi connectivity index (χ0n) is 11.2. The van der Waals surface area contributed by atoms with E-state index in [-0.39, 0.29) is 23.5 Å². The summed E-state index contributed by atoms with van der Waals surface area (Å²) < 4.78 is 10.8. The van der Waals surface area contributed by atoms with Crippen molar-refractivity contribution < 1.29 is 14.3 Å². The second-order valence-electron chi connectivity index (χ2n) is 5.40. The summed E-state index contributed by atoms with van der Waals surface area (Å²) >= 11 is 0. The predicted octanol–water partition coefficient (Wildman–Crippen LogP) is 0.152. The predicted molar refractivity (Wildman–Crippen MR) is 65.9 cm³/mol. The molecule has 1 amide bonds. The minimum Gasteiger partial charge on any atom is -0.379 e. The highest BCUT2D eigenvalue weighted by molar-refractivity contribution is 5.81. The van der Waals surface area contributed by atoms with E-state index in [0.29, 0.717) is 19.7 Å². The number of ether oxygens (including phenoxy) is 2. The molecule has 2 N–H and O–H groups in total. The van der Waals surface area contributed by atoms with Crippen LogP contribution in [0.3, 0.4) is 0 Å². The average Bonchev–Trinajstić information content (AvgIpc) is 2.29. The molecule has 2 unspecified atom stereocenters. The van der Waals surface area contributed by atoms with Gasteiger partial charge in [-0.2, -0.15) is 0 Å². The van der Waals surface area contributed by atoms with Crippen LogP contribution in [0.1, 0.15) is 20.8 Å². The first kappa shape index (κ1) is 14.4. The lowest BCUT2D eigenvalue weighted by atomic mass is 9.89. The van der Waals surface area contributed by atoms with Gasteiger partial charge in [0.25, 0.3) is 5.91 Å². The normalized spacial score (nSPS) is 23.2. The lowest BCUT2D eigenvalue weighted by Crippen LogP contribution is -2.50. The van der Waals surface area contributed by atoms with Crippen molar-refractivity contribution in [1.29, 1.82) is 0 Å². The van der Waals surface area contributed by atoms with Gasteiger partial charge in [-0.25, -0.2) is 0 Å². The minimum absolute atomic E-state index is 0.00278. The minimum atomic E-state index is -0.374. The Morgan fingerprint density at radius 1 is 1.59 bits per heavy atom. The van der Waals surface area contributed by atoms with Crippen molar-refractivity contribution in [3.05, 3.63) is 0 Å². The number of morpholine rings is 1. The van der Waals surface area contributed by atoms with Crippen LogP contribution >= 0.6 is 0 Å². The van der Waals surface area contributed by atoms with E-state index < -0.39 is 0 Å². The molecule has 0 saturated carbocycles. The smallest absolute Gasteiger partial charge is 0.250 e. The molecule has 100 valence electrons. The fraction of sp³-hybridized carbons (Fsp3) is 0.917. The van der Waals surface area contributed by atoms with E-state index in [1.165, 1.54) is 0 Å². The Balaban J connectivity index is 2.35. The quantitative estimate of drug-likeness (QED) is 0.739. The van der Waals surface area contributed by atoms with E-state index in [2.05, 4.69) is 31.4 Å². The topological polar surface area (TPSA) is 59.6 Å². The van der Waals surface area contributed by atoms with Gasteiger partial charge in [0.2, 0.25) is 0 Å². The van der Waals surface area contributed by atoms with Crippen molar-refractivity contribution in [3.63, 3.8) is 0 Å². The molecule has 1 rings (SSSR count). The molecule has 0 bridgehead atoms. The van der Waals surface area contributed by atoms with Gasteiger partial charge in [0, 0.05) is 26.7 Å². The summed E-state index contributed by atoms with van der Waals surface area (Å²) in [5.41, 5.74) is 0.00764. The van der Waals surface area contributed by atoms with Gasteiger partial charge in [-0.1, -0.05) is 20.8 Å². The van der Waals surface area contributed by atoms with E-state index in [1.54, 1.807) is 7.11 Å². The highest BCUT2D eigenvalue weighted by Gasteiger charge is 2.27. The molecular weight excluding hydrogens is 220 g/mol. The summed E-state index contributed by atoms with van der Waals surface area (Å²) in [4.78, 5) is 11.8. The molecule has 1 fully saturated rings. The maximum absolute atomic E-state index is 11.8. The third-order valence-corrected chi connectivity index (χ3v) is 2.93. The van der Waals surface area contributed by atoms with E-state index in [1.807, 2.05) is 0 Å². The van der Waals surface area contributed by atoms with E-state index in [0.717, 1.165) is 6.54 Å². The summed E-state index contributed by atoms with van der Waals surface area (Å²) in [5.74, 6) is -0.0662. The summed E-state index contributed by atoms with van der Waals surface area (Å²) in [5, 5.41) is 6.01. The van der Waals surface area contributed by atoms with Crippen LogP contribution in [0.5, 0.6) is 0 Å². The summed E-state index contributed by atoms with van der Waals surface area (Å²) in [6.45, 7) is 8.76. The Bertz CT molecular complexity index is 245. The fourth-order valence-corrected chi connectivity index (χ4v) is 1.78. The fourth-order valence-electron chi connectivity index (χ4n) is 1.78. The summed E-state index contributed by atoms with van der Waals surface area (Å²) in [7, 11) is 1.67. The van der Waals surface area contributed by atoms with E-state index in [4.69, 9.17) is 9.47 Å². The lowest BCUT2D eigenvalue weighted by Gasteiger charge is -2.30. The van der Waals surface area contributed by atoms with Crippen molar-refractivity contribution in [2.24, 2.45) is 5.41 Å². The number of nitrogens with one attached hydrogen (secondary N) is 2. The molecule has 0 spiro atoms. The molecular formula is C12H24N2O3. The largest absolute Gasteiger partial charge is 0.379 e. The zero-order chi connectivity index (χ0) is 12.9. The number of carbonyl (C=O) groups is 1. The van der Waals surface area contributed by atoms with Crippen LogP contribution in [0.2, 0.25) is 0 Å². The SMILES string of the molecule is COC(CNC(=O)C1CNCCO1)C(C)(C)C. The maximum atomic E-state index is 11.8. The van der Waals surface area contributed by atoms with Crippen molar-refractivity contribution in [2.75, 3.05) is 33.4 Å². The van der Waals surface area contributed by atoms with Crippen LogP contribution in [-0.2, 0) is 14.3 Å². The van der Waals surface area contributed by atoms with Gasteiger partial charge in [0.1, 0.15) is 6.10 Å². The molecule has 5 nitrogen and oxygen atoms in total. The van der Waals surface area contributed by atoms with E-state index >= 15 is 0 Å². The van der Waals surface area contributed by atoms with Crippen molar-refractivity contribution >= 4 is 5.91 Å². The Morgan fingerprint density at radius 3 is 2.76 bits per heavy atom. The first-order chi connectivity index (χ1) is 7.95. The first-order valence-electron chi connectivity index (χ1n) is 6.08. The number of rotatable bonds is 4. The molecule has 5 heteroatoms. The monoisotopic (exact) mass is 244 g/mol. The van der Waals surface area contributed by atoms with Gasteiger partial charge in [0.05, 0.1) is 12.7 Å². The average molecular weight is 244 g/mol.